The molecule has 2 heteroatoms. The summed E-state index contributed by atoms with van der Waals surface area (Å²) >= 11 is 0. The third kappa shape index (κ3) is 3.68. The maximum absolute atomic E-state index is 10.5. The number of allylic oxidation sites excluding steroid dienone is 1. The van der Waals surface area contributed by atoms with Crippen molar-refractivity contribution in [1.82, 2.24) is 5.32 Å². The van der Waals surface area contributed by atoms with Gasteiger partial charge in [0.25, 0.3) is 0 Å². The minimum absolute atomic E-state index is 0.142. The second-order valence-electron chi connectivity index (χ2n) is 6.09. The van der Waals surface area contributed by atoms with Crippen molar-refractivity contribution in [3.8, 4) is 0 Å². The Kier molecular flexibility index (Phi) is 4.43. The lowest BCUT2D eigenvalue weighted by Crippen LogP contribution is -2.52. The molecule has 19 heavy (non-hydrogen) atoms. The van der Waals surface area contributed by atoms with Crippen LogP contribution in [0, 0.1) is 5.92 Å². The van der Waals surface area contributed by atoms with Gasteiger partial charge >= 0.3 is 0 Å². The van der Waals surface area contributed by atoms with E-state index in [9.17, 15) is 5.11 Å². The zero-order valence-electron chi connectivity index (χ0n) is 12.0. The van der Waals surface area contributed by atoms with Gasteiger partial charge in [0.15, 0.2) is 0 Å². The van der Waals surface area contributed by atoms with Crippen LogP contribution in [0.1, 0.15) is 38.7 Å². The van der Waals surface area contributed by atoms with Crippen LogP contribution >= 0.6 is 0 Å². The maximum Gasteiger partial charge on any atom is 0.0772 e. The standard InChI is InChI=1S/C17H25NO/c1-13(2)15-9-10-17(3,19)16(11-15)18-12-14-7-5-4-6-8-14/h4-8,15-16,18-19H,1,9-12H2,2-3H3/t15-,16+,17+/m1/s1. The first-order chi connectivity index (χ1) is 8.99. The fourth-order valence-corrected chi connectivity index (χ4v) is 2.88. The molecule has 1 aliphatic carbocycles. The zero-order valence-corrected chi connectivity index (χ0v) is 12.0. The Morgan fingerprint density at radius 2 is 2.11 bits per heavy atom. The van der Waals surface area contributed by atoms with Crippen molar-refractivity contribution in [3.63, 3.8) is 0 Å². The van der Waals surface area contributed by atoms with Crippen LogP contribution in [0.3, 0.4) is 0 Å². The number of rotatable bonds is 4. The predicted octanol–water partition coefficient (Wildman–Crippen LogP) is 3.27. The Morgan fingerprint density at radius 3 is 2.74 bits per heavy atom. The highest BCUT2D eigenvalue weighted by atomic mass is 16.3. The average molecular weight is 259 g/mol. The lowest BCUT2D eigenvalue weighted by molar-refractivity contribution is -0.0205. The van der Waals surface area contributed by atoms with Gasteiger partial charge in [0.05, 0.1) is 5.60 Å². The van der Waals surface area contributed by atoms with E-state index in [-0.39, 0.29) is 6.04 Å². The summed E-state index contributed by atoms with van der Waals surface area (Å²) in [5.74, 6) is 0.536. The van der Waals surface area contributed by atoms with Crippen molar-refractivity contribution in [2.45, 2.75) is 51.3 Å². The van der Waals surface area contributed by atoms with Crippen molar-refractivity contribution in [2.75, 3.05) is 0 Å². The van der Waals surface area contributed by atoms with Crippen LogP contribution in [-0.2, 0) is 6.54 Å². The molecule has 0 saturated heterocycles. The van der Waals surface area contributed by atoms with E-state index in [2.05, 4.69) is 31.0 Å². The lowest BCUT2D eigenvalue weighted by atomic mass is 9.74. The summed E-state index contributed by atoms with van der Waals surface area (Å²) in [6, 6.07) is 10.5. The van der Waals surface area contributed by atoms with Crippen molar-refractivity contribution in [2.24, 2.45) is 5.92 Å². The van der Waals surface area contributed by atoms with Crippen molar-refractivity contribution in [3.05, 3.63) is 48.0 Å². The first-order valence-corrected chi connectivity index (χ1v) is 7.14. The highest BCUT2D eigenvalue weighted by Crippen LogP contribution is 2.35. The van der Waals surface area contributed by atoms with Crippen molar-refractivity contribution >= 4 is 0 Å². The van der Waals surface area contributed by atoms with Crippen LogP contribution in [0.5, 0.6) is 0 Å². The highest BCUT2D eigenvalue weighted by molar-refractivity contribution is 5.15. The quantitative estimate of drug-likeness (QED) is 0.813. The number of hydrogen-bond acceptors (Lipinski definition) is 2. The molecule has 0 radical (unpaired) electrons. The summed E-state index contributed by atoms with van der Waals surface area (Å²) in [4.78, 5) is 0. The normalized spacial score (nSPS) is 31.1. The summed E-state index contributed by atoms with van der Waals surface area (Å²) in [6.45, 7) is 8.92. The number of hydrogen-bond donors (Lipinski definition) is 2. The Balaban J connectivity index is 1.97. The Bertz CT molecular complexity index is 424. The van der Waals surface area contributed by atoms with Crippen LogP contribution in [0.15, 0.2) is 42.5 Å². The Hall–Kier alpha value is -1.12. The third-order valence-corrected chi connectivity index (χ3v) is 4.36. The number of benzene rings is 1. The van der Waals surface area contributed by atoms with Gasteiger partial charge in [-0.1, -0.05) is 42.5 Å². The fraction of sp³-hybridized carbons (Fsp3) is 0.529. The predicted molar refractivity (Wildman–Crippen MR) is 79.8 cm³/mol. The molecule has 1 aliphatic rings. The third-order valence-electron chi connectivity index (χ3n) is 4.36. The van der Waals surface area contributed by atoms with Gasteiger partial charge in [-0.15, -0.1) is 0 Å². The van der Waals surface area contributed by atoms with Crippen molar-refractivity contribution < 1.29 is 5.11 Å². The molecule has 0 aliphatic heterocycles. The highest BCUT2D eigenvalue weighted by Gasteiger charge is 2.38. The van der Waals surface area contributed by atoms with E-state index in [0.717, 1.165) is 25.8 Å². The molecule has 0 amide bonds. The van der Waals surface area contributed by atoms with Gasteiger partial charge in [-0.2, -0.15) is 0 Å². The monoisotopic (exact) mass is 259 g/mol. The first-order valence-electron chi connectivity index (χ1n) is 7.14. The summed E-state index contributed by atoms with van der Waals surface area (Å²) < 4.78 is 0. The van der Waals surface area contributed by atoms with Crippen LogP contribution < -0.4 is 5.32 Å². The van der Waals surface area contributed by atoms with Gasteiger partial charge in [-0.25, -0.2) is 0 Å². The van der Waals surface area contributed by atoms with E-state index >= 15 is 0 Å². The molecule has 3 atom stereocenters. The SMILES string of the molecule is C=C(C)[C@@H]1CC[C@](C)(O)[C@@H](NCc2ccccc2)C1. The van der Waals surface area contributed by atoms with E-state index in [0.29, 0.717) is 5.92 Å². The maximum atomic E-state index is 10.5. The van der Waals surface area contributed by atoms with Gasteiger partial charge < -0.3 is 10.4 Å². The topological polar surface area (TPSA) is 32.3 Å². The summed E-state index contributed by atoms with van der Waals surface area (Å²) in [7, 11) is 0. The van der Waals surface area contributed by atoms with Crippen LogP contribution in [-0.4, -0.2) is 16.7 Å². The second kappa shape index (κ2) is 5.89. The average Bonchev–Trinajstić information content (AvgIpc) is 2.38. The second-order valence-corrected chi connectivity index (χ2v) is 6.09. The van der Waals surface area contributed by atoms with E-state index < -0.39 is 5.60 Å². The van der Waals surface area contributed by atoms with Gasteiger partial charge in [0, 0.05) is 12.6 Å². The minimum Gasteiger partial charge on any atom is -0.389 e. The molecule has 1 aromatic rings. The lowest BCUT2D eigenvalue weighted by Gasteiger charge is -2.41. The van der Waals surface area contributed by atoms with Gasteiger partial charge in [0.2, 0.25) is 0 Å². The summed E-state index contributed by atoms with van der Waals surface area (Å²) in [5.41, 5.74) is 1.89. The van der Waals surface area contributed by atoms with Crippen LogP contribution in [0.2, 0.25) is 0 Å². The number of nitrogens with one attached hydrogen (secondary N) is 1. The molecule has 0 spiro atoms. The molecule has 0 bridgehead atoms. The van der Waals surface area contributed by atoms with Gasteiger partial charge in [-0.3, -0.25) is 0 Å². The van der Waals surface area contributed by atoms with Crippen LogP contribution in [0.25, 0.3) is 0 Å². The molecule has 2 rings (SSSR count). The van der Waals surface area contributed by atoms with E-state index in [1.54, 1.807) is 0 Å². The molecule has 2 nitrogen and oxygen atoms in total. The number of aliphatic hydroxyl groups is 1. The molecule has 2 N–H and O–H groups in total. The van der Waals surface area contributed by atoms with Gasteiger partial charge in [-0.05, 0) is 44.6 Å². The largest absolute Gasteiger partial charge is 0.389 e. The van der Waals surface area contributed by atoms with E-state index in [1.165, 1.54) is 11.1 Å². The smallest absolute Gasteiger partial charge is 0.0772 e. The Labute approximate surface area is 116 Å². The molecule has 1 fully saturated rings. The molecule has 0 unspecified atom stereocenters. The minimum atomic E-state index is -0.610. The Morgan fingerprint density at radius 1 is 1.42 bits per heavy atom. The molecule has 0 aromatic heterocycles. The fourth-order valence-electron chi connectivity index (χ4n) is 2.88. The van der Waals surface area contributed by atoms with Crippen LogP contribution in [0.4, 0.5) is 0 Å². The molecule has 104 valence electrons. The van der Waals surface area contributed by atoms with E-state index in [1.807, 2.05) is 25.1 Å². The summed E-state index contributed by atoms with van der Waals surface area (Å²) in [6.07, 6.45) is 2.87. The zero-order chi connectivity index (χ0) is 13.9. The van der Waals surface area contributed by atoms with Gasteiger partial charge in [0.1, 0.15) is 0 Å². The molecule has 1 saturated carbocycles. The summed E-state index contributed by atoms with van der Waals surface area (Å²) in [5, 5.41) is 14.0. The molecular formula is C17H25NO. The first kappa shape index (κ1) is 14.3. The van der Waals surface area contributed by atoms with Crippen molar-refractivity contribution in [1.29, 1.82) is 0 Å². The van der Waals surface area contributed by atoms with E-state index in [4.69, 9.17) is 0 Å². The molecular weight excluding hydrogens is 234 g/mol. The molecule has 0 heterocycles. The molecule has 1 aromatic carbocycles.